The SMILES string of the molecule is CCCN(CC1CCNCC1)c1nnc(C)c(C)n1. The van der Waals surface area contributed by atoms with Crippen molar-refractivity contribution in [3.8, 4) is 0 Å². The highest BCUT2D eigenvalue weighted by atomic mass is 15.3. The molecule has 1 N–H and O–H groups in total. The van der Waals surface area contributed by atoms with Gasteiger partial charge in [0, 0.05) is 13.1 Å². The summed E-state index contributed by atoms with van der Waals surface area (Å²) in [4.78, 5) is 6.89. The summed E-state index contributed by atoms with van der Waals surface area (Å²) in [5.74, 6) is 1.54. The van der Waals surface area contributed by atoms with Gasteiger partial charge in [-0.2, -0.15) is 5.10 Å². The molecule has 0 aliphatic carbocycles. The Kier molecular flexibility index (Phi) is 5.07. The first kappa shape index (κ1) is 14.2. The van der Waals surface area contributed by atoms with Crippen molar-refractivity contribution in [2.45, 2.75) is 40.0 Å². The van der Waals surface area contributed by atoms with Gasteiger partial charge in [-0.25, -0.2) is 4.98 Å². The van der Waals surface area contributed by atoms with E-state index in [2.05, 4.69) is 32.3 Å². The van der Waals surface area contributed by atoms with Crippen LogP contribution in [0, 0.1) is 19.8 Å². The van der Waals surface area contributed by atoms with E-state index in [1.807, 2.05) is 13.8 Å². The summed E-state index contributed by atoms with van der Waals surface area (Å²) in [5.41, 5.74) is 1.90. The van der Waals surface area contributed by atoms with Gasteiger partial charge in [-0.15, -0.1) is 5.10 Å². The number of aromatic nitrogens is 3. The van der Waals surface area contributed by atoms with E-state index in [0.717, 1.165) is 55.9 Å². The Hall–Kier alpha value is -1.23. The molecule has 106 valence electrons. The third-order valence-electron chi connectivity index (χ3n) is 3.79. The minimum absolute atomic E-state index is 0.748. The van der Waals surface area contributed by atoms with Gasteiger partial charge in [0.05, 0.1) is 11.4 Å². The molecule has 1 aromatic rings. The van der Waals surface area contributed by atoms with Crippen molar-refractivity contribution in [3.63, 3.8) is 0 Å². The fraction of sp³-hybridized carbons (Fsp3) is 0.786. The lowest BCUT2D eigenvalue weighted by Gasteiger charge is -2.29. The molecule has 0 aromatic carbocycles. The van der Waals surface area contributed by atoms with E-state index in [4.69, 9.17) is 0 Å². The van der Waals surface area contributed by atoms with E-state index in [9.17, 15) is 0 Å². The van der Waals surface area contributed by atoms with Gasteiger partial charge in [0.15, 0.2) is 0 Å². The van der Waals surface area contributed by atoms with Crippen LogP contribution in [0.1, 0.15) is 37.6 Å². The molecule has 1 aromatic heterocycles. The van der Waals surface area contributed by atoms with Crippen molar-refractivity contribution in [1.82, 2.24) is 20.5 Å². The molecule has 2 heterocycles. The maximum atomic E-state index is 4.59. The van der Waals surface area contributed by atoms with Gasteiger partial charge in [0.2, 0.25) is 5.95 Å². The highest BCUT2D eigenvalue weighted by Gasteiger charge is 2.19. The Morgan fingerprint density at radius 3 is 2.53 bits per heavy atom. The standard InChI is InChI=1S/C14H25N5/c1-4-9-19(10-13-5-7-15-8-6-13)14-16-11(2)12(3)17-18-14/h13,15H,4-10H2,1-3H3. The highest BCUT2D eigenvalue weighted by molar-refractivity contribution is 5.29. The van der Waals surface area contributed by atoms with Crippen LogP contribution in [-0.4, -0.2) is 41.4 Å². The lowest BCUT2D eigenvalue weighted by Crippen LogP contribution is -2.37. The second-order valence-electron chi connectivity index (χ2n) is 5.42. The zero-order valence-electron chi connectivity index (χ0n) is 12.3. The van der Waals surface area contributed by atoms with Crippen LogP contribution >= 0.6 is 0 Å². The first-order valence-electron chi connectivity index (χ1n) is 7.34. The number of rotatable bonds is 5. The molecule has 1 saturated heterocycles. The van der Waals surface area contributed by atoms with Crippen molar-refractivity contribution >= 4 is 5.95 Å². The predicted octanol–water partition coefficient (Wildman–Crippen LogP) is 1.70. The first-order chi connectivity index (χ1) is 9.20. The Bertz CT molecular complexity index is 401. The second kappa shape index (κ2) is 6.80. The van der Waals surface area contributed by atoms with E-state index in [0.29, 0.717) is 0 Å². The van der Waals surface area contributed by atoms with Crippen LogP contribution in [0.15, 0.2) is 0 Å². The summed E-state index contributed by atoms with van der Waals surface area (Å²) in [6.07, 6.45) is 3.61. The van der Waals surface area contributed by atoms with E-state index in [1.54, 1.807) is 0 Å². The minimum atomic E-state index is 0.748. The third kappa shape index (κ3) is 3.86. The Morgan fingerprint density at radius 1 is 1.16 bits per heavy atom. The second-order valence-corrected chi connectivity index (χ2v) is 5.42. The lowest BCUT2D eigenvalue weighted by molar-refractivity contribution is 0.371. The average molecular weight is 263 g/mol. The zero-order chi connectivity index (χ0) is 13.7. The minimum Gasteiger partial charge on any atom is -0.339 e. The van der Waals surface area contributed by atoms with Crippen LogP contribution in [0.2, 0.25) is 0 Å². The molecular weight excluding hydrogens is 238 g/mol. The zero-order valence-corrected chi connectivity index (χ0v) is 12.3. The normalized spacial score (nSPS) is 16.6. The molecule has 0 atom stereocenters. The molecule has 0 radical (unpaired) electrons. The van der Waals surface area contributed by atoms with Crippen LogP contribution in [-0.2, 0) is 0 Å². The van der Waals surface area contributed by atoms with Crippen LogP contribution in [0.5, 0.6) is 0 Å². The molecule has 1 aliphatic heterocycles. The third-order valence-corrected chi connectivity index (χ3v) is 3.79. The van der Waals surface area contributed by atoms with Gasteiger partial charge in [-0.3, -0.25) is 0 Å². The maximum Gasteiger partial charge on any atom is 0.245 e. The number of piperidine rings is 1. The summed E-state index contributed by atoms with van der Waals surface area (Å²) < 4.78 is 0. The van der Waals surface area contributed by atoms with Gasteiger partial charge in [-0.1, -0.05) is 6.92 Å². The van der Waals surface area contributed by atoms with Gasteiger partial charge in [-0.05, 0) is 52.1 Å². The largest absolute Gasteiger partial charge is 0.339 e. The molecule has 0 bridgehead atoms. The summed E-state index contributed by atoms with van der Waals surface area (Å²) in [7, 11) is 0. The molecule has 0 unspecified atom stereocenters. The number of anilines is 1. The van der Waals surface area contributed by atoms with Crippen LogP contribution in [0.25, 0.3) is 0 Å². The van der Waals surface area contributed by atoms with E-state index in [-0.39, 0.29) is 0 Å². The van der Waals surface area contributed by atoms with Crippen molar-refractivity contribution in [1.29, 1.82) is 0 Å². The van der Waals surface area contributed by atoms with Crippen LogP contribution in [0.4, 0.5) is 5.95 Å². The molecule has 5 nitrogen and oxygen atoms in total. The molecule has 1 aliphatic rings. The van der Waals surface area contributed by atoms with Gasteiger partial charge in [0.25, 0.3) is 0 Å². The summed E-state index contributed by atoms with van der Waals surface area (Å²) in [5, 5.41) is 11.9. The highest BCUT2D eigenvalue weighted by Crippen LogP contribution is 2.17. The topological polar surface area (TPSA) is 53.9 Å². The lowest BCUT2D eigenvalue weighted by atomic mass is 9.97. The Morgan fingerprint density at radius 2 is 1.89 bits per heavy atom. The Labute approximate surface area is 115 Å². The van der Waals surface area contributed by atoms with Gasteiger partial charge in [0.1, 0.15) is 0 Å². The fourth-order valence-electron chi connectivity index (χ4n) is 2.50. The van der Waals surface area contributed by atoms with Gasteiger partial charge >= 0.3 is 0 Å². The molecule has 1 fully saturated rings. The monoisotopic (exact) mass is 263 g/mol. The molecule has 0 spiro atoms. The summed E-state index contributed by atoms with van der Waals surface area (Å²) >= 11 is 0. The van der Waals surface area contributed by atoms with E-state index >= 15 is 0 Å². The van der Waals surface area contributed by atoms with E-state index < -0.39 is 0 Å². The number of hydrogen-bond acceptors (Lipinski definition) is 5. The average Bonchev–Trinajstić information content (AvgIpc) is 2.43. The smallest absolute Gasteiger partial charge is 0.245 e. The van der Waals surface area contributed by atoms with Crippen molar-refractivity contribution in [2.24, 2.45) is 5.92 Å². The molecule has 5 heteroatoms. The fourth-order valence-corrected chi connectivity index (χ4v) is 2.50. The van der Waals surface area contributed by atoms with Gasteiger partial charge < -0.3 is 10.2 Å². The first-order valence-corrected chi connectivity index (χ1v) is 7.34. The van der Waals surface area contributed by atoms with Crippen molar-refractivity contribution in [2.75, 3.05) is 31.1 Å². The molecule has 0 amide bonds. The quantitative estimate of drug-likeness (QED) is 0.876. The van der Waals surface area contributed by atoms with Crippen molar-refractivity contribution < 1.29 is 0 Å². The van der Waals surface area contributed by atoms with Crippen LogP contribution in [0.3, 0.4) is 0 Å². The molecule has 19 heavy (non-hydrogen) atoms. The Balaban J connectivity index is 2.07. The summed E-state index contributed by atoms with van der Waals surface area (Å²) in [6.45, 7) is 10.5. The number of nitrogens with zero attached hydrogens (tertiary/aromatic N) is 4. The molecular formula is C14H25N5. The molecule has 0 saturated carbocycles. The number of hydrogen-bond donors (Lipinski definition) is 1. The van der Waals surface area contributed by atoms with Crippen molar-refractivity contribution in [3.05, 3.63) is 11.4 Å². The van der Waals surface area contributed by atoms with Crippen LogP contribution < -0.4 is 10.2 Å². The number of aryl methyl sites for hydroxylation is 2. The summed E-state index contributed by atoms with van der Waals surface area (Å²) in [6, 6.07) is 0. The maximum absolute atomic E-state index is 4.59. The molecule has 2 rings (SSSR count). The predicted molar refractivity (Wildman–Crippen MR) is 77.4 cm³/mol. The van der Waals surface area contributed by atoms with E-state index in [1.165, 1.54) is 12.8 Å². The number of nitrogens with one attached hydrogen (secondary N) is 1.